The molecule has 0 heterocycles. The Morgan fingerprint density at radius 1 is 0.800 bits per heavy atom. The molecule has 0 unspecified atom stereocenters. The van der Waals surface area contributed by atoms with E-state index in [0.29, 0.717) is 0 Å². The molecule has 1 rings (SSSR count). The maximum Gasteiger partial charge on any atom is 0.0997 e. The molecule has 0 aliphatic heterocycles. The molecule has 2 heteroatoms. The molecular weight excluding hydrogens is 124 g/mol. The Morgan fingerprint density at radius 2 is 1.10 bits per heavy atom. The highest BCUT2D eigenvalue weighted by Gasteiger charge is 1.91. The van der Waals surface area contributed by atoms with Gasteiger partial charge in [-0.25, -0.2) is 0 Å². The second-order valence-electron chi connectivity index (χ2n) is 2.32. The lowest BCUT2D eigenvalue weighted by molar-refractivity contribution is -0.387. The molecule has 0 saturated carbocycles. The van der Waals surface area contributed by atoms with Crippen LogP contribution in [0.1, 0.15) is 11.1 Å². The minimum atomic E-state index is 0.872. The third kappa shape index (κ3) is 1.56. The number of benzene rings is 1. The zero-order chi connectivity index (χ0) is 7.40. The summed E-state index contributed by atoms with van der Waals surface area (Å²) in [6.07, 6.45) is 0. The first kappa shape index (κ1) is 7.25. The molecule has 6 N–H and O–H groups in total. The molecule has 0 saturated heterocycles. The predicted octanol–water partition coefficient (Wildman–Crippen LogP) is -0.830. The van der Waals surface area contributed by atoms with Crippen LogP contribution in [0.5, 0.6) is 0 Å². The summed E-state index contributed by atoms with van der Waals surface area (Å²) in [6.45, 7) is 1.74. The molecule has 10 heavy (non-hydrogen) atoms. The van der Waals surface area contributed by atoms with Gasteiger partial charge in [0.2, 0.25) is 0 Å². The Hall–Kier alpha value is -0.860. The van der Waals surface area contributed by atoms with Gasteiger partial charge in [-0.1, -0.05) is 24.3 Å². The van der Waals surface area contributed by atoms with Crippen molar-refractivity contribution < 1.29 is 11.5 Å². The summed E-state index contributed by atoms with van der Waals surface area (Å²) < 4.78 is 0. The fourth-order valence-electron chi connectivity index (χ4n) is 0.873. The van der Waals surface area contributed by atoms with E-state index in [0.717, 1.165) is 13.1 Å². The molecule has 1 aromatic carbocycles. The van der Waals surface area contributed by atoms with Crippen LogP contribution in [0, 0.1) is 0 Å². The van der Waals surface area contributed by atoms with E-state index in [1.165, 1.54) is 11.1 Å². The van der Waals surface area contributed by atoms with Crippen molar-refractivity contribution >= 4 is 0 Å². The number of hydrogen-bond acceptors (Lipinski definition) is 0. The first-order chi connectivity index (χ1) is 4.86. The van der Waals surface area contributed by atoms with E-state index in [-0.39, 0.29) is 0 Å². The summed E-state index contributed by atoms with van der Waals surface area (Å²) in [6, 6.07) is 8.42. The van der Waals surface area contributed by atoms with Crippen LogP contribution in [0.15, 0.2) is 24.3 Å². The van der Waals surface area contributed by atoms with Gasteiger partial charge in [-0.2, -0.15) is 0 Å². The average Bonchev–Trinajstić information content (AvgIpc) is 2.05. The van der Waals surface area contributed by atoms with Gasteiger partial charge in [-0.05, 0) is 0 Å². The van der Waals surface area contributed by atoms with E-state index >= 15 is 0 Å². The largest absolute Gasteiger partial charge is 0.354 e. The van der Waals surface area contributed by atoms with Crippen LogP contribution in [0.4, 0.5) is 0 Å². The highest BCUT2D eigenvalue weighted by molar-refractivity contribution is 5.20. The first-order valence-corrected chi connectivity index (χ1v) is 3.53. The molecule has 0 spiro atoms. The lowest BCUT2D eigenvalue weighted by atomic mass is 10.1. The number of rotatable bonds is 2. The highest BCUT2D eigenvalue weighted by Crippen LogP contribution is 2.00. The Labute approximate surface area is 60.8 Å². The van der Waals surface area contributed by atoms with Gasteiger partial charge in [0.25, 0.3) is 0 Å². The maximum atomic E-state index is 3.80. The molecular formula is C8H14N2+2. The SMILES string of the molecule is [NH3+]Cc1ccc(C[NH3+])cc1. The van der Waals surface area contributed by atoms with Gasteiger partial charge in [0.15, 0.2) is 0 Å². The van der Waals surface area contributed by atoms with E-state index in [1.807, 2.05) is 0 Å². The van der Waals surface area contributed by atoms with Crippen molar-refractivity contribution in [2.24, 2.45) is 0 Å². The summed E-state index contributed by atoms with van der Waals surface area (Å²) in [5, 5.41) is 0. The third-order valence-electron chi connectivity index (χ3n) is 1.60. The lowest BCUT2D eigenvalue weighted by Gasteiger charge is -1.94. The predicted molar refractivity (Wildman–Crippen MR) is 39.6 cm³/mol. The summed E-state index contributed by atoms with van der Waals surface area (Å²) in [4.78, 5) is 0. The Balaban J connectivity index is 2.80. The minimum Gasteiger partial charge on any atom is -0.354 e. The van der Waals surface area contributed by atoms with Gasteiger partial charge >= 0.3 is 0 Å². The summed E-state index contributed by atoms with van der Waals surface area (Å²) in [5.74, 6) is 0. The van der Waals surface area contributed by atoms with E-state index in [9.17, 15) is 0 Å². The lowest BCUT2D eigenvalue weighted by Crippen LogP contribution is -2.48. The van der Waals surface area contributed by atoms with Crippen molar-refractivity contribution in [1.29, 1.82) is 0 Å². The standard InChI is InChI=1S/C8H12N2/c9-5-7-1-2-8(6-10)4-3-7/h1-4H,5-6,9-10H2/p+2. The van der Waals surface area contributed by atoms with Crippen LogP contribution in [-0.2, 0) is 13.1 Å². The Morgan fingerprint density at radius 3 is 1.30 bits per heavy atom. The van der Waals surface area contributed by atoms with Gasteiger partial charge in [0.05, 0.1) is 13.1 Å². The van der Waals surface area contributed by atoms with Gasteiger partial charge < -0.3 is 11.5 Å². The fraction of sp³-hybridized carbons (Fsp3) is 0.250. The van der Waals surface area contributed by atoms with Crippen LogP contribution >= 0.6 is 0 Å². The number of hydrogen-bond donors (Lipinski definition) is 2. The van der Waals surface area contributed by atoms with Crippen molar-refractivity contribution in [3.63, 3.8) is 0 Å². The molecule has 54 valence electrons. The average molecular weight is 138 g/mol. The summed E-state index contributed by atoms with van der Waals surface area (Å²) in [5.41, 5.74) is 10.2. The molecule has 1 aromatic rings. The second kappa shape index (κ2) is 3.34. The van der Waals surface area contributed by atoms with Crippen molar-refractivity contribution in [3.8, 4) is 0 Å². The molecule has 0 fully saturated rings. The number of quaternary nitrogens is 2. The third-order valence-corrected chi connectivity index (χ3v) is 1.60. The monoisotopic (exact) mass is 138 g/mol. The van der Waals surface area contributed by atoms with Crippen molar-refractivity contribution in [2.75, 3.05) is 0 Å². The van der Waals surface area contributed by atoms with Crippen LogP contribution < -0.4 is 11.5 Å². The molecule has 0 amide bonds. The quantitative estimate of drug-likeness (QED) is 0.536. The van der Waals surface area contributed by atoms with Gasteiger partial charge in [0, 0.05) is 11.1 Å². The van der Waals surface area contributed by atoms with Gasteiger partial charge in [0.1, 0.15) is 0 Å². The summed E-state index contributed by atoms with van der Waals surface area (Å²) >= 11 is 0. The zero-order valence-electron chi connectivity index (χ0n) is 6.14. The molecule has 0 atom stereocenters. The van der Waals surface area contributed by atoms with Crippen LogP contribution in [0.3, 0.4) is 0 Å². The normalized spacial score (nSPS) is 9.80. The van der Waals surface area contributed by atoms with Crippen molar-refractivity contribution in [1.82, 2.24) is 0 Å². The van der Waals surface area contributed by atoms with E-state index in [4.69, 9.17) is 0 Å². The van der Waals surface area contributed by atoms with Crippen LogP contribution in [0.25, 0.3) is 0 Å². The highest BCUT2D eigenvalue weighted by atomic mass is 14.5. The van der Waals surface area contributed by atoms with Crippen LogP contribution in [0.2, 0.25) is 0 Å². The van der Waals surface area contributed by atoms with Gasteiger partial charge in [-0.3, -0.25) is 0 Å². The van der Waals surface area contributed by atoms with Crippen molar-refractivity contribution in [3.05, 3.63) is 35.4 Å². The van der Waals surface area contributed by atoms with Gasteiger partial charge in [-0.15, -0.1) is 0 Å². The Kier molecular flexibility index (Phi) is 2.42. The molecule has 0 aliphatic carbocycles. The molecule has 0 aromatic heterocycles. The molecule has 0 radical (unpaired) electrons. The zero-order valence-corrected chi connectivity index (χ0v) is 6.14. The Bertz CT molecular complexity index is 168. The van der Waals surface area contributed by atoms with E-state index in [2.05, 4.69) is 35.7 Å². The fourth-order valence-corrected chi connectivity index (χ4v) is 0.873. The molecule has 0 aliphatic rings. The van der Waals surface area contributed by atoms with E-state index < -0.39 is 0 Å². The molecule has 2 nitrogen and oxygen atoms in total. The second-order valence-corrected chi connectivity index (χ2v) is 2.32. The molecule has 0 bridgehead atoms. The maximum absolute atomic E-state index is 3.80. The smallest absolute Gasteiger partial charge is 0.0997 e. The van der Waals surface area contributed by atoms with Crippen molar-refractivity contribution in [2.45, 2.75) is 13.1 Å². The topological polar surface area (TPSA) is 55.3 Å². The van der Waals surface area contributed by atoms with E-state index in [1.54, 1.807) is 0 Å². The van der Waals surface area contributed by atoms with Crippen LogP contribution in [-0.4, -0.2) is 0 Å². The minimum absolute atomic E-state index is 0.872. The first-order valence-electron chi connectivity index (χ1n) is 3.53. The summed E-state index contributed by atoms with van der Waals surface area (Å²) in [7, 11) is 0.